The van der Waals surface area contributed by atoms with Crippen LogP contribution in [0.2, 0.25) is 0 Å². The lowest BCUT2D eigenvalue weighted by Crippen LogP contribution is -2.14. The van der Waals surface area contributed by atoms with Crippen LogP contribution < -0.4 is 5.32 Å². The normalized spacial score (nSPS) is 11.4. The Labute approximate surface area is 155 Å². The van der Waals surface area contributed by atoms with Gasteiger partial charge in [-0.3, -0.25) is 9.48 Å². The molecule has 2 aromatic carbocycles. The molecule has 1 amide bonds. The van der Waals surface area contributed by atoms with Gasteiger partial charge in [0.15, 0.2) is 0 Å². The second-order valence-electron chi connectivity index (χ2n) is 5.56. The van der Waals surface area contributed by atoms with Gasteiger partial charge in [-0.25, -0.2) is 0 Å². The van der Waals surface area contributed by atoms with Crippen molar-refractivity contribution >= 4 is 27.5 Å². The predicted octanol–water partition coefficient (Wildman–Crippen LogP) is 4.97. The van der Waals surface area contributed by atoms with Crippen LogP contribution in [0.3, 0.4) is 0 Å². The Kier molecular flexibility index (Phi) is 5.13. The number of nitrogens with one attached hydrogen (secondary N) is 1. The molecule has 0 spiro atoms. The van der Waals surface area contributed by atoms with E-state index < -0.39 is 17.6 Å². The summed E-state index contributed by atoms with van der Waals surface area (Å²) in [4.78, 5) is 12.2. The average molecular weight is 424 g/mol. The minimum atomic E-state index is -4.55. The number of halogens is 4. The fourth-order valence-corrected chi connectivity index (χ4v) is 2.84. The van der Waals surface area contributed by atoms with E-state index in [1.807, 2.05) is 30.3 Å². The number of benzene rings is 2. The topological polar surface area (TPSA) is 46.9 Å². The van der Waals surface area contributed by atoms with Crippen LogP contribution in [0.1, 0.15) is 21.5 Å². The monoisotopic (exact) mass is 423 g/mol. The van der Waals surface area contributed by atoms with Crippen LogP contribution in [0.5, 0.6) is 0 Å². The summed E-state index contributed by atoms with van der Waals surface area (Å²) in [6.45, 7) is 0.521. The molecule has 0 fully saturated rings. The molecule has 0 atom stereocenters. The summed E-state index contributed by atoms with van der Waals surface area (Å²) in [5.41, 5.74) is 0.458. The molecule has 1 N–H and O–H groups in total. The number of hydrogen-bond acceptors (Lipinski definition) is 2. The van der Waals surface area contributed by atoms with E-state index in [1.54, 1.807) is 10.9 Å². The van der Waals surface area contributed by atoms with Crippen LogP contribution in [0.4, 0.5) is 18.9 Å². The third kappa shape index (κ3) is 4.32. The Morgan fingerprint density at radius 1 is 1.15 bits per heavy atom. The van der Waals surface area contributed by atoms with Gasteiger partial charge in [0.2, 0.25) is 0 Å². The van der Waals surface area contributed by atoms with E-state index >= 15 is 0 Å². The van der Waals surface area contributed by atoms with Gasteiger partial charge in [-0.1, -0.05) is 46.3 Å². The summed E-state index contributed by atoms with van der Waals surface area (Å²) >= 11 is 2.85. The van der Waals surface area contributed by atoms with Gasteiger partial charge in [0, 0.05) is 16.2 Å². The first-order chi connectivity index (χ1) is 12.3. The summed E-state index contributed by atoms with van der Waals surface area (Å²) in [6, 6.07) is 13.0. The van der Waals surface area contributed by atoms with Crippen molar-refractivity contribution in [1.82, 2.24) is 9.78 Å². The molecule has 1 aromatic heterocycles. The van der Waals surface area contributed by atoms with Crippen molar-refractivity contribution in [1.29, 1.82) is 0 Å². The van der Waals surface area contributed by atoms with Crippen LogP contribution in [0.15, 0.2) is 65.4 Å². The molecule has 0 bridgehead atoms. The lowest BCUT2D eigenvalue weighted by Gasteiger charge is -2.11. The highest BCUT2D eigenvalue weighted by molar-refractivity contribution is 9.10. The van der Waals surface area contributed by atoms with E-state index in [9.17, 15) is 18.0 Å². The third-order valence-electron chi connectivity index (χ3n) is 3.61. The smallest absolute Gasteiger partial charge is 0.319 e. The van der Waals surface area contributed by atoms with Gasteiger partial charge < -0.3 is 5.32 Å². The third-order valence-corrected chi connectivity index (χ3v) is 4.30. The largest absolute Gasteiger partial charge is 0.417 e. The van der Waals surface area contributed by atoms with Crippen LogP contribution in [0.25, 0.3) is 0 Å². The van der Waals surface area contributed by atoms with E-state index in [-0.39, 0.29) is 10.0 Å². The van der Waals surface area contributed by atoms with Crippen molar-refractivity contribution in [2.45, 2.75) is 12.7 Å². The van der Waals surface area contributed by atoms with Gasteiger partial charge in [0.05, 0.1) is 24.0 Å². The molecule has 0 aliphatic carbocycles. The molecular formula is C18H13BrF3N3O. The van der Waals surface area contributed by atoms with E-state index in [1.165, 1.54) is 18.3 Å². The molecule has 134 valence electrons. The van der Waals surface area contributed by atoms with Crippen LogP contribution >= 0.6 is 15.9 Å². The van der Waals surface area contributed by atoms with Crippen LogP contribution in [0, 0.1) is 0 Å². The Bertz CT molecular complexity index is 923. The van der Waals surface area contributed by atoms with Crippen molar-refractivity contribution in [3.05, 3.63) is 82.1 Å². The second-order valence-corrected chi connectivity index (χ2v) is 6.41. The summed E-state index contributed by atoms with van der Waals surface area (Å²) in [6.07, 6.45) is -1.48. The van der Waals surface area contributed by atoms with Gasteiger partial charge in [-0.15, -0.1) is 0 Å². The minimum Gasteiger partial charge on any atom is -0.319 e. The fraction of sp³-hybridized carbons (Fsp3) is 0.111. The van der Waals surface area contributed by atoms with Gasteiger partial charge in [-0.2, -0.15) is 18.3 Å². The first-order valence-corrected chi connectivity index (χ1v) is 8.37. The number of alkyl halides is 3. The number of nitrogens with zero attached hydrogens (tertiary/aromatic N) is 2. The summed E-state index contributed by atoms with van der Waals surface area (Å²) in [5.74, 6) is -0.637. The quantitative estimate of drug-likeness (QED) is 0.644. The highest BCUT2D eigenvalue weighted by atomic mass is 79.9. The Morgan fingerprint density at radius 3 is 2.58 bits per heavy atom. The average Bonchev–Trinajstić information content (AvgIpc) is 3.02. The molecule has 0 unspecified atom stereocenters. The highest BCUT2D eigenvalue weighted by Gasteiger charge is 2.33. The zero-order chi connectivity index (χ0) is 18.7. The number of hydrogen-bond donors (Lipinski definition) is 1. The van der Waals surface area contributed by atoms with Crippen LogP contribution in [-0.4, -0.2) is 15.7 Å². The molecule has 4 nitrogen and oxygen atoms in total. The molecule has 0 saturated carbocycles. The van der Waals surface area contributed by atoms with E-state index in [2.05, 4.69) is 26.3 Å². The molecule has 0 radical (unpaired) electrons. The molecular weight excluding hydrogens is 411 g/mol. The van der Waals surface area contributed by atoms with Crippen LogP contribution in [-0.2, 0) is 12.7 Å². The molecule has 3 aromatic rings. The fourth-order valence-electron chi connectivity index (χ4n) is 2.37. The molecule has 0 aliphatic heterocycles. The first kappa shape index (κ1) is 18.2. The first-order valence-electron chi connectivity index (χ1n) is 7.57. The summed E-state index contributed by atoms with van der Waals surface area (Å²) < 4.78 is 40.4. The predicted molar refractivity (Wildman–Crippen MR) is 94.9 cm³/mol. The van der Waals surface area contributed by atoms with Gasteiger partial charge in [0.25, 0.3) is 5.91 Å². The van der Waals surface area contributed by atoms with Crippen molar-refractivity contribution in [2.24, 2.45) is 0 Å². The highest BCUT2D eigenvalue weighted by Crippen LogP contribution is 2.35. The van der Waals surface area contributed by atoms with E-state index in [0.717, 1.165) is 11.6 Å². The molecule has 8 heteroatoms. The number of aromatic nitrogens is 2. The lowest BCUT2D eigenvalue weighted by molar-refractivity contribution is -0.138. The van der Waals surface area contributed by atoms with Crippen molar-refractivity contribution < 1.29 is 18.0 Å². The zero-order valence-electron chi connectivity index (χ0n) is 13.3. The molecule has 3 rings (SSSR count). The maximum absolute atomic E-state index is 13.0. The lowest BCUT2D eigenvalue weighted by atomic mass is 10.1. The molecule has 0 saturated heterocycles. The van der Waals surface area contributed by atoms with Crippen molar-refractivity contribution in [2.75, 3.05) is 5.32 Å². The van der Waals surface area contributed by atoms with E-state index in [4.69, 9.17) is 0 Å². The summed E-state index contributed by atoms with van der Waals surface area (Å²) in [7, 11) is 0. The van der Waals surface area contributed by atoms with Crippen molar-refractivity contribution in [3.63, 3.8) is 0 Å². The molecule has 26 heavy (non-hydrogen) atoms. The van der Waals surface area contributed by atoms with Gasteiger partial charge in [-0.05, 0) is 23.8 Å². The number of anilines is 1. The maximum atomic E-state index is 13.0. The van der Waals surface area contributed by atoms with Gasteiger partial charge >= 0.3 is 6.18 Å². The van der Waals surface area contributed by atoms with Gasteiger partial charge in [0.1, 0.15) is 0 Å². The minimum absolute atomic E-state index is 0.0867. The maximum Gasteiger partial charge on any atom is 0.417 e. The number of amides is 1. The Hall–Kier alpha value is -2.61. The number of rotatable bonds is 4. The Morgan fingerprint density at radius 2 is 1.88 bits per heavy atom. The zero-order valence-corrected chi connectivity index (χ0v) is 14.9. The number of carbonyl (C=O) groups is 1. The standard InChI is InChI=1S/C18H13BrF3N3O/c19-16-7-6-13(8-15(16)18(20,21)22)17(26)24-14-9-23-25(11-14)10-12-4-2-1-3-5-12/h1-9,11H,10H2,(H,24,26). The summed E-state index contributed by atoms with van der Waals surface area (Å²) in [5, 5.41) is 6.70. The Balaban J connectivity index is 1.73. The second kappa shape index (κ2) is 7.33. The SMILES string of the molecule is O=C(Nc1cnn(Cc2ccccc2)c1)c1ccc(Br)c(C(F)(F)F)c1. The molecule has 0 aliphatic rings. The van der Waals surface area contributed by atoms with E-state index in [0.29, 0.717) is 12.2 Å². The molecule has 1 heterocycles. The van der Waals surface area contributed by atoms with Crippen molar-refractivity contribution in [3.8, 4) is 0 Å². The number of carbonyl (C=O) groups excluding carboxylic acids is 1.